The number of hydrogen-bond donors (Lipinski definition) is 1. The van der Waals surface area contributed by atoms with Gasteiger partial charge in [0.2, 0.25) is 0 Å². The Bertz CT molecular complexity index is 557. The number of halogens is 2. The summed E-state index contributed by atoms with van der Waals surface area (Å²) in [6.07, 6.45) is 1.12. The lowest BCUT2D eigenvalue weighted by Gasteiger charge is -2.09. The van der Waals surface area contributed by atoms with Crippen molar-refractivity contribution in [3.63, 3.8) is 0 Å². The summed E-state index contributed by atoms with van der Waals surface area (Å²) in [7, 11) is 0. The van der Waals surface area contributed by atoms with Gasteiger partial charge in [-0.15, -0.1) is 0 Å². The van der Waals surface area contributed by atoms with E-state index in [1.165, 1.54) is 3.57 Å². The summed E-state index contributed by atoms with van der Waals surface area (Å²) in [5, 5.41) is 4.07. The minimum Gasteiger partial charge on any atom is -0.457 e. The SMILES string of the molecule is CCCNCc1ccc(Oc2ccc(I)cc2)cc1Cl. The molecular formula is C16H17ClINO. The van der Waals surface area contributed by atoms with E-state index >= 15 is 0 Å². The van der Waals surface area contributed by atoms with E-state index < -0.39 is 0 Å². The van der Waals surface area contributed by atoms with E-state index in [-0.39, 0.29) is 0 Å². The van der Waals surface area contributed by atoms with Crippen molar-refractivity contribution in [1.82, 2.24) is 5.32 Å². The highest BCUT2D eigenvalue weighted by Crippen LogP contribution is 2.27. The highest BCUT2D eigenvalue weighted by molar-refractivity contribution is 14.1. The Morgan fingerprint density at radius 3 is 2.45 bits per heavy atom. The van der Waals surface area contributed by atoms with Crippen LogP contribution in [0, 0.1) is 3.57 Å². The van der Waals surface area contributed by atoms with Crippen molar-refractivity contribution in [2.45, 2.75) is 19.9 Å². The Morgan fingerprint density at radius 1 is 1.10 bits per heavy atom. The quantitative estimate of drug-likeness (QED) is 0.528. The summed E-state index contributed by atoms with van der Waals surface area (Å²) in [4.78, 5) is 0. The van der Waals surface area contributed by atoms with Gasteiger partial charge >= 0.3 is 0 Å². The van der Waals surface area contributed by atoms with Crippen LogP contribution >= 0.6 is 34.2 Å². The Balaban J connectivity index is 2.03. The molecule has 2 nitrogen and oxygen atoms in total. The van der Waals surface area contributed by atoms with Gasteiger partial charge in [-0.2, -0.15) is 0 Å². The minimum atomic E-state index is 0.733. The maximum atomic E-state index is 6.28. The second kappa shape index (κ2) is 7.86. The lowest BCUT2D eigenvalue weighted by molar-refractivity contribution is 0.482. The monoisotopic (exact) mass is 401 g/mol. The molecule has 4 heteroatoms. The van der Waals surface area contributed by atoms with Crippen LogP contribution in [-0.2, 0) is 6.54 Å². The average molecular weight is 402 g/mol. The fourth-order valence-electron chi connectivity index (χ4n) is 1.77. The number of rotatable bonds is 6. The van der Waals surface area contributed by atoms with Gasteiger partial charge in [0.1, 0.15) is 11.5 Å². The van der Waals surface area contributed by atoms with E-state index in [1.807, 2.05) is 42.5 Å². The third-order valence-electron chi connectivity index (χ3n) is 2.82. The first kappa shape index (κ1) is 15.6. The fourth-order valence-corrected chi connectivity index (χ4v) is 2.37. The summed E-state index contributed by atoms with van der Waals surface area (Å²) in [5.74, 6) is 1.58. The number of benzene rings is 2. The molecule has 1 N–H and O–H groups in total. The van der Waals surface area contributed by atoms with E-state index in [1.54, 1.807) is 0 Å². The molecule has 0 fully saturated rings. The van der Waals surface area contributed by atoms with Gasteiger partial charge in [-0.3, -0.25) is 0 Å². The molecule has 0 aliphatic rings. The van der Waals surface area contributed by atoms with Gasteiger partial charge in [-0.25, -0.2) is 0 Å². The Hall–Kier alpha value is -0.780. The predicted octanol–water partition coefficient (Wildman–Crippen LogP) is 5.24. The Kier molecular flexibility index (Phi) is 6.13. The van der Waals surface area contributed by atoms with Crippen molar-refractivity contribution in [3.05, 3.63) is 56.6 Å². The summed E-state index contributed by atoms with van der Waals surface area (Å²) < 4.78 is 6.97. The lowest BCUT2D eigenvalue weighted by atomic mass is 10.2. The minimum absolute atomic E-state index is 0.733. The molecule has 2 aromatic rings. The van der Waals surface area contributed by atoms with E-state index in [9.17, 15) is 0 Å². The molecular weight excluding hydrogens is 385 g/mol. The molecule has 0 aliphatic carbocycles. The van der Waals surface area contributed by atoms with Gasteiger partial charge in [0, 0.05) is 15.1 Å². The first-order valence-electron chi connectivity index (χ1n) is 6.61. The molecule has 106 valence electrons. The fraction of sp³-hybridized carbons (Fsp3) is 0.250. The molecule has 0 amide bonds. The lowest BCUT2D eigenvalue weighted by Crippen LogP contribution is -2.13. The summed E-state index contributed by atoms with van der Waals surface area (Å²) in [6.45, 7) is 3.93. The molecule has 20 heavy (non-hydrogen) atoms. The second-order valence-corrected chi connectivity index (χ2v) is 6.14. The summed E-state index contributed by atoms with van der Waals surface area (Å²) in [5.41, 5.74) is 1.09. The summed E-state index contributed by atoms with van der Waals surface area (Å²) >= 11 is 8.55. The van der Waals surface area contributed by atoms with Crippen LogP contribution in [0.15, 0.2) is 42.5 Å². The smallest absolute Gasteiger partial charge is 0.128 e. The van der Waals surface area contributed by atoms with Crippen molar-refractivity contribution < 1.29 is 4.74 Å². The molecule has 0 saturated heterocycles. The molecule has 0 radical (unpaired) electrons. The van der Waals surface area contributed by atoms with Crippen LogP contribution < -0.4 is 10.1 Å². The van der Waals surface area contributed by atoms with E-state index in [0.29, 0.717) is 0 Å². The number of hydrogen-bond acceptors (Lipinski definition) is 2. The highest BCUT2D eigenvalue weighted by Gasteiger charge is 2.03. The Morgan fingerprint density at radius 2 is 1.80 bits per heavy atom. The van der Waals surface area contributed by atoms with E-state index in [2.05, 4.69) is 34.8 Å². The van der Waals surface area contributed by atoms with E-state index in [4.69, 9.17) is 16.3 Å². The largest absolute Gasteiger partial charge is 0.457 e. The zero-order valence-electron chi connectivity index (χ0n) is 11.3. The van der Waals surface area contributed by atoms with Crippen LogP contribution in [0.5, 0.6) is 11.5 Å². The summed E-state index contributed by atoms with van der Waals surface area (Å²) in [6, 6.07) is 13.8. The first-order chi connectivity index (χ1) is 9.69. The molecule has 0 atom stereocenters. The van der Waals surface area contributed by atoms with Gasteiger partial charge in [0.25, 0.3) is 0 Å². The number of nitrogens with one attached hydrogen (secondary N) is 1. The average Bonchev–Trinajstić information content (AvgIpc) is 2.44. The molecule has 0 heterocycles. The maximum Gasteiger partial charge on any atom is 0.128 e. The van der Waals surface area contributed by atoms with Crippen LogP contribution in [0.25, 0.3) is 0 Å². The highest BCUT2D eigenvalue weighted by atomic mass is 127. The maximum absolute atomic E-state index is 6.28. The molecule has 0 aliphatic heterocycles. The molecule has 0 bridgehead atoms. The van der Waals surface area contributed by atoms with Crippen LogP contribution in [-0.4, -0.2) is 6.54 Å². The predicted molar refractivity (Wildman–Crippen MR) is 92.7 cm³/mol. The second-order valence-electron chi connectivity index (χ2n) is 4.49. The third-order valence-corrected chi connectivity index (χ3v) is 3.89. The first-order valence-corrected chi connectivity index (χ1v) is 8.07. The molecule has 0 spiro atoms. The van der Waals surface area contributed by atoms with Crippen LogP contribution in [0.4, 0.5) is 0 Å². The molecule has 0 saturated carbocycles. The van der Waals surface area contributed by atoms with E-state index in [0.717, 1.165) is 41.6 Å². The van der Waals surface area contributed by atoms with Gasteiger partial charge in [0.15, 0.2) is 0 Å². The zero-order chi connectivity index (χ0) is 14.4. The zero-order valence-corrected chi connectivity index (χ0v) is 14.2. The molecule has 2 aromatic carbocycles. The Labute approximate surface area is 138 Å². The van der Waals surface area contributed by atoms with Crippen LogP contribution in [0.2, 0.25) is 5.02 Å². The normalized spacial score (nSPS) is 10.6. The molecule has 2 rings (SSSR count). The van der Waals surface area contributed by atoms with Crippen molar-refractivity contribution in [3.8, 4) is 11.5 Å². The van der Waals surface area contributed by atoms with Gasteiger partial charge in [0.05, 0.1) is 0 Å². The van der Waals surface area contributed by atoms with Crippen LogP contribution in [0.3, 0.4) is 0 Å². The molecule has 0 aromatic heterocycles. The van der Waals surface area contributed by atoms with Gasteiger partial charge in [-0.05, 0) is 77.5 Å². The van der Waals surface area contributed by atoms with Crippen molar-refractivity contribution in [2.24, 2.45) is 0 Å². The van der Waals surface area contributed by atoms with Crippen molar-refractivity contribution in [2.75, 3.05) is 6.54 Å². The van der Waals surface area contributed by atoms with Crippen molar-refractivity contribution >= 4 is 34.2 Å². The third kappa shape index (κ3) is 4.65. The standard InChI is InChI=1S/C16H17ClINO/c1-2-9-19-11-12-3-6-15(10-16(12)17)20-14-7-4-13(18)5-8-14/h3-8,10,19H,2,9,11H2,1H3. The van der Waals surface area contributed by atoms with Crippen molar-refractivity contribution in [1.29, 1.82) is 0 Å². The van der Waals surface area contributed by atoms with Crippen LogP contribution in [0.1, 0.15) is 18.9 Å². The topological polar surface area (TPSA) is 21.3 Å². The molecule has 0 unspecified atom stereocenters. The number of ether oxygens (including phenoxy) is 1. The van der Waals surface area contributed by atoms with Gasteiger partial charge in [-0.1, -0.05) is 24.6 Å². The van der Waals surface area contributed by atoms with Gasteiger partial charge < -0.3 is 10.1 Å².